The maximum atomic E-state index is 12.3. The summed E-state index contributed by atoms with van der Waals surface area (Å²) in [6.45, 7) is 6.27. The summed E-state index contributed by atoms with van der Waals surface area (Å²) in [4.78, 5) is 36.2. The van der Waals surface area contributed by atoms with Crippen molar-refractivity contribution in [1.29, 1.82) is 0 Å². The zero-order valence-electron chi connectivity index (χ0n) is 10.6. The van der Waals surface area contributed by atoms with Gasteiger partial charge >= 0.3 is 0 Å². The molecule has 0 aromatic carbocycles. The van der Waals surface area contributed by atoms with E-state index in [0.717, 1.165) is 6.42 Å². The number of fused-ring (bicyclic) bond motifs is 2. The van der Waals surface area contributed by atoms with E-state index in [1.54, 1.807) is 0 Å². The van der Waals surface area contributed by atoms with Gasteiger partial charge in [0.1, 0.15) is 5.41 Å². The highest BCUT2D eigenvalue weighted by Crippen LogP contribution is 2.62. The summed E-state index contributed by atoms with van der Waals surface area (Å²) in [7, 11) is 0. The molecule has 2 unspecified atom stereocenters. The molecule has 0 aromatic rings. The number of carbonyl (C=O) groups is 3. The molecule has 0 spiro atoms. The van der Waals surface area contributed by atoms with Crippen LogP contribution in [0.5, 0.6) is 0 Å². The fourth-order valence-corrected chi connectivity index (χ4v) is 3.47. The molecule has 1 amide bonds. The highest BCUT2D eigenvalue weighted by molar-refractivity contribution is 6.47. The van der Waals surface area contributed by atoms with Crippen molar-refractivity contribution in [3.8, 4) is 0 Å². The van der Waals surface area contributed by atoms with E-state index < -0.39 is 16.6 Å². The first-order valence-corrected chi connectivity index (χ1v) is 6.26. The number of ketones is 2. The summed E-state index contributed by atoms with van der Waals surface area (Å²) < 4.78 is 0. The second-order valence-electron chi connectivity index (χ2n) is 5.67. The van der Waals surface area contributed by atoms with Crippen molar-refractivity contribution in [1.82, 2.24) is 5.32 Å². The van der Waals surface area contributed by atoms with Crippen molar-refractivity contribution in [3.63, 3.8) is 0 Å². The van der Waals surface area contributed by atoms with Gasteiger partial charge in [-0.3, -0.25) is 14.4 Å². The van der Waals surface area contributed by atoms with Gasteiger partial charge in [-0.2, -0.15) is 0 Å². The standard InChI is InChI=1S/C13H19NO3/c1-4-7-14-11(17)13-6-5-8(12(13,2)3)9(15)10(13)16/h8H,4-7H2,1-3H3,(H,14,17). The lowest BCUT2D eigenvalue weighted by Crippen LogP contribution is -2.50. The van der Waals surface area contributed by atoms with E-state index in [1.807, 2.05) is 20.8 Å². The van der Waals surface area contributed by atoms with E-state index in [9.17, 15) is 14.4 Å². The molecule has 2 fully saturated rings. The number of amides is 1. The summed E-state index contributed by atoms with van der Waals surface area (Å²) in [5.74, 6) is -1.31. The quantitative estimate of drug-likeness (QED) is 0.590. The normalized spacial score (nSPS) is 34.2. The van der Waals surface area contributed by atoms with E-state index in [0.29, 0.717) is 19.4 Å². The summed E-state index contributed by atoms with van der Waals surface area (Å²) >= 11 is 0. The first-order valence-electron chi connectivity index (χ1n) is 6.26. The van der Waals surface area contributed by atoms with Crippen LogP contribution in [-0.2, 0) is 14.4 Å². The van der Waals surface area contributed by atoms with Crippen LogP contribution in [0.3, 0.4) is 0 Å². The lowest BCUT2D eigenvalue weighted by molar-refractivity contribution is -0.149. The molecule has 0 saturated heterocycles. The Hall–Kier alpha value is -1.19. The van der Waals surface area contributed by atoms with Gasteiger partial charge in [0, 0.05) is 12.5 Å². The SMILES string of the molecule is CCCNC(=O)C12CCC(C(=O)C1=O)C2(C)C. The molecule has 0 heterocycles. The van der Waals surface area contributed by atoms with E-state index in [4.69, 9.17) is 0 Å². The third kappa shape index (κ3) is 1.27. The average molecular weight is 237 g/mol. The highest BCUT2D eigenvalue weighted by atomic mass is 16.2. The van der Waals surface area contributed by atoms with Crippen LogP contribution in [0.1, 0.15) is 40.0 Å². The van der Waals surface area contributed by atoms with Crippen molar-refractivity contribution < 1.29 is 14.4 Å². The lowest BCUT2D eigenvalue weighted by Gasteiger charge is -2.33. The maximum Gasteiger partial charge on any atom is 0.234 e. The molecular weight excluding hydrogens is 218 g/mol. The summed E-state index contributed by atoms with van der Waals surface area (Å²) in [6, 6.07) is 0. The molecule has 0 aliphatic heterocycles. The third-order valence-electron chi connectivity index (χ3n) is 4.63. The molecule has 4 heteroatoms. The molecule has 2 rings (SSSR count). The molecule has 2 saturated carbocycles. The van der Waals surface area contributed by atoms with Crippen LogP contribution in [0.4, 0.5) is 0 Å². The molecule has 0 radical (unpaired) electrons. The average Bonchev–Trinajstić information content (AvgIpc) is 2.62. The van der Waals surface area contributed by atoms with E-state index >= 15 is 0 Å². The van der Waals surface area contributed by atoms with E-state index in [1.165, 1.54) is 0 Å². The van der Waals surface area contributed by atoms with Crippen LogP contribution in [0.15, 0.2) is 0 Å². The summed E-state index contributed by atoms with van der Waals surface area (Å²) in [6.07, 6.45) is 2.01. The number of rotatable bonds is 3. The monoisotopic (exact) mass is 237 g/mol. The van der Waals surface area contributed by atoms with Crippen molar-refractivity contribution in [2.45, 2.75) is 40.0 Å². The zero-order valence-corrected chi connectivity index (χ0v) is 10.6. The smallest absolute Gasteiger partial charge is 0.234 e. The molecule has 2 aliphatic carbocycles. The molecule has 4 nitrogen and oxygen atoms in total. The molecule has 94 valence electrons. The Morgan fingerprint density at radius 2 is 2.06 bits per heavy atom. The van der Waals surface area contributed by atoms with E-state index in [-0.39, 0.29) is 17.6 Å². The Morgan fingerprint density at radius 1 is 1.41 bits per heavy atom. The van der Waals surface area contributed by atoms with Gasteiger partial charge in [0.05, 0.1) is 0 Å². The number of Topliss-reactive ketones (excluding diaryl/α,β-unsaturated/α-hetero) is 2. The maximum absolute atomic E-state index is 12.3. The molecular formula is C13H19NO3. The van der Waals surface area contributed by atoms with Crippen molar-refractivity contribution in [3.05, 3.63) is 0 Å². The first-order chi connectivity index (χ1) is 7.89. The van der Waals surface area contributed by atoms with Crippen molar-refractivity contribution in [2.75, 3.05) is 6.54 Å². The topological polar surface area (TPSA) is 63.2 Å². The fourth-order valence-electron chi connectivity index (χ4n) is 3.47. The second-order valence-corrected chi connectivity index (χ2v) is 5.67. The predicted octanol–water partition coefficient (Wildman–Crippen LogP) is 1.09. The summed E-state index contributed by atoms with van der Waals surface area (Å²) in [5, 5.41) is 2.79. The van der Waals surface area contributed by atoms with Crippen molar-refractivity contribution >= 4 is 17.5 Å². The van der Waals surface area contributed by atoms with Gasteiger partial charge in [-0.05, 0) is 24.7 Å². The Kier molecular flexibility index (Phi) is 2.64. The van der Waals surface area contributed by atoms with Gasteiger partial charge in [0.2, 0.25) is 17.5 Å². The Balaban J connectivity index is 2.38. The minimum Gasteiger partial charge on any atom is -0.355 e. The van der Waals surface area contributed by atoms with Crippen LogP contribution in [0.25, 0.3) is 0 Å². The molecule has 1 N–H and O–H groups in total. The van der Waals surface area contributed by atoms with Crippen molar-refractivity contribution in [2.24, 2.45) is 16.7 Å². The van der Waals surface area contributed by atoms with Crippen LogP contribution >= 0.6 is 0 Å². The number of hydrogen-bond acceptors (Lipinski definition) is 3. The number of carbonyl (C=O) groups excluding carboxylic acids is 3. The minimum absolute atomic E-state index is 0.247. The molecule has 17 heavy (non-hydrogen) atoms. The van der Waals surface area contributed by atoms with E-state index in [2.05, 4.69) is 5.32 Å². The first kappa shape index (κ1) is 12.3. The predicted molar refractivity (Wildman–Crippen MR) is 62.3 cm³/mol. The minimum atomic E-state index is -1.09. The highest BCUT2D eigenvalue weighted by Gasteiger charge is 2.72. The Morgan fingerprint density at radius 3 is 2.53 bits per heavy atom. The van der Waals surface area contributed by atoms with Crippen LogP contribution in [0, 0.1) is 16.7 Å². The summed E-state index contributed by atoms with van der Waals surface area (Å²) in [5.41, 5.74) is -1.62. The van der Waals surface area contributed by atoms with Gasteiger partial charge in [0.15, 0.2) is 0 Å². The largest absolute Gasteiger partial charge is 0.355 e. The molecule has 0 aromatic heterocycles. The van der Waals surface area contributed by atoms with Gasteiger partial charge in [0.25, 0.3) is 0 Å². The van der Waals surface area contributed by atoms with Crippen LogP contribution in [0.2, 0.25) is 0 Å². The number of nitrogens with one attached hydrogen (secondary N) is 1. The molecule has 2 atom stereocenters. The van der Waals surface area contributed by atoms with Crippen LogP contribution < -0.4 is 5.32 Å². The Bertz CT molecular complexity index is 399. The molecule has 2 bridgehead atoms. The zero-order chi connectivity index (χ0) is 12.8. The van der Waals surface area contributed by atoms with Gasteiger partial charge in [-0.15, -0.1) is 0 Å². The van der Waals surface area contributed by atoms with Gasteiger partial charge in [-0.1, -0.05) is 20.8 Å². The van der Waals surface area contributed by atoms with Gasteiger partial charge in [-0.25, -0.2) is 0 Å². The lowest BCUT2D eigenvalue weighted by atomic mass is 9.68. The fraction of sp³-hybridized carbons (Fsp3) is 0.769. The molecule has 2 aliphatic rings. The van der Waals surface area contributed by atoms with Crippen LogP contribution in [-0.4, -0.2) is 24.0 Å². The third-order valence-corrected chi connectivity index (χ3v) is 4.63. The number of hydrogen-bond donors (Lipinski definition) is 1. The Labute approximate surface area is 101 Å². The van der Waals surface area contributed by atoms with Gasteiger partial charge < -0.3 is 5.32 Å². The second kappa shape index (κ2) is 3.65.